The van der Waals surface area contributed by atoms with Crippen molar-refractivity contribution in [2.45, 2.75) is 45.3 Å². The van der Waals surface area contributed by atoms with Gasteiger partial charge in [0.1, 0.15) is 6.10 Å². The van der Waals surface area contributed by atoms with Gasteiger partial charge in [0.2, 0.25) is 0 Å². The third-order valence-corrected chi connectivity index (χ3v) is 3.37. The second-order valence-corrected chi connectivity index (χ2v) is 5.13. The third-order valence-electron chi connectivity index (χ3n) is 2.76. The van der Waals surface area contributed by atoms with Crippen molar-refractivity contribution in [1.82, 2.24) is 9.78 Å². The maximum absolute atomic E-state index is 5.80. The average molecular weight is 273 g/mol. The van der Waals surface area contributed by atoms with Gasteiger partial charge in [0.15, 0.2) is 0 Å². The van der Waals surface area contributed by atoms with E-state index >= 15 is 0 Å². The van der Waals surface area contributed by atoms with E-state index in [1.165, 1.54) is 18.5 Å². The number of aromatic nitrogens is 2. The highest BCUT2D eigenvalue weighted by atomic mass is 79.9. The molecule has 0 aliphatic carbocycles. The molecular weight excluding hydrogens is 256 g/mol. The van der Waals surface area contributed by atoms with Crippen LogP contribution in [0, 0.1) is 0 Å². The van der Waals surface area contributed by atoms with E-state index in [0.29, 0.717) is 6.04 Å². The molecule has 1 aliphatic rings. The van der Waals surface area contributed by atoms with Gasteiger partial charge >= 0.3 is 0 Å². The highest BCUT2D eigenvalue weighted by Gasteiger charge is 2.23. The van der Waals surface area contributed by atoms with Crippen molar-refractivity contribution in [3.63, 3.8) is 0 Å². The van der Waals surface area contributed by atoms with Gasteiger partial charge in [-0.2, -0.15) is 5.10 Å². The van der Waals surface area contributed by atoms with E-state index in [1.807, 2.05) is 6.20 Å². The smallest absolute Gasteiger partial charge is 0.100 e. The molecule has 1 aromatic rings. The summed E-state index contributed by atoms with van der Waals surface area (Å²) >= 11 is 3.56. The van der Waals surface area contributed by atoms with Gasteiger partial charge in [0.25, 0.3) is 0 Å². The van der Waals surface area contributed by atoms with Crippen LogP contribution in [0.5, 0.6) is 0 Å². The highest BCUT2D eigenvalue weighted by Crippen LogP contribution is 2.33. The van der Waals surface area contributed by atoms with Crippen molar-refractivity contribution in [2.75, 3.05) is 6.61 Å². The lowest BCUT2D eigenvalue weighted by Gasteiger charge is -2.25. The second kappa shape index (κ2) is 4.66. The van der Waals surface area contributed by atoms with Crippen LogP contribution in [0.2, 0.25) is 0 Å². The van der Waals surface area contributed by atoms with Crippen molar-refractivity contribution < 1.29 is 4.74 Å². The Morgan fingerprint density at radius 1 is 1.53 bits per heavy atom. The summed E-state index contributed by atoms with van der Waals surface area (Å²) in [5, 5.41) is 4.38. The fourth-order valence-corrected chi connectivity index (χ4v) is 2.55. The van der Waals surface area contributed by atoms with Gasteiger partial charge in [-0.15, -0.1) is 0 Å². The van der Waals surface area contributed by atoms with Crippen molar-refractivity contribution in [1.29, 1.82) is 0 Å². The first-order chi connectivity index (χ1) is 7.20. The van der Waals surface area contributed by atoms with Gasteiger partial charge in [-0.25, -0.2) is 0 Å². The number of hydrogen-bond acceptors (Lipinski definition) is 2. The van der Waals surface area contributed by atoms with E-state index < -0.39 is 0 Å². The zero-order valence-corrected chi connectivity index (χ0v) is 10.8. The quantitative estimate of drug-likeness (QED) is 0.825. The summed E-state index contributed by atoms with van der Waals surface area (Å²) in [5.41, 5.74) is 1.20. The summed E-state index contributed by atoms with van der Waals surface area (Å²) in [6, 6.07) is 0.386. The van der Waals surface area contributed by atoms with Crippen molar-refractivity contribution in [3.05, 3.63) is 16.4 Å². The van der Waals surface area contributed by atoms with Crippen LogP contribution in [-0.4, -0.2) is 16.4 Å². The average Bonchev–Trinajstić information content (AvgIpc) is 2.61. The van der Waals surface area contributed by atoms with Crippen LogP contribution < -0.4 is 0 Å². The Balaban J connectivity index is 2.28. The molecule has 1 aliphatic heterocycles. The zero-order chi connectivity index (χ0) is 10.8. The molecule has 0 aromatic carbocycles. The second-order valence-electron chi connectivity index (χ2n) is 4.27. The van der Waals surface area contributed by atoms with Crippen LogP contribution >= 0.6 is 15.9 Å². The predicted octanol–water partition coefficient (Wildman–Crippen LogP) is 3.47. The van der Waals surface area contributed by atoms with Gasteiger partial charge in [-0.3, -0.25) is 4.68 Å². The molecule has 84 valence electrons. The summed E-state index contributed by atoms with van der Waals surface area (Å²) in [6.45, 7) is 5.16. The van der Waals surface area contributed by atoms with Crippen molar-refractivity contribution >= 4 is 15.9 Å². The van der Waals surface area contributed by atoms with E-state index in [-0.39, 0.29) is 6.10 Å². The van der Waals surface area contributed by atoms with Gasteiger partial charge in [-0.1, -0.05) is 0 Å². The standard InChI is InChI=1S/C11H17BrN2O/c1-8(2)14-11(9(12)7-13-14)10-5-3-4-6-15-10/h7-8,10H,3-6H2,1-2H3. The van der Waals surface area contributed by atoms with Crippen LogP contribution in [-0.2, 0) is 4.74 Å². The molecule has 0 saturated carbocycles. The molecule has 1 saturated heterocycles. The molecule has 0 amide bonds. The largest absolute Gasteiger partial charge is 0.372 e. The first kappa shape index (κ1) is 11.1. The number of nitrogens with zero attached hydrogens (tertiary/aromatic N) is 2. The Morgan fingerprint density at radius 3 is 2.93 bits per heavy atom. The van der Waals surface area contributed by atoms with E-state index in [1.54, 1.807) is 0 Å². The summed E-state index contributed by atoms with van der Waals surface area (Å²) in [5.74, 6) is 0. The number of ether oxygens (including phenoxy) is 1. The van der Waals surface area contributed by atoms with Gasteiger partial charge in [0.05, 0.1) is 16.4 Å². The highest BCUT2D eigenvalue weighted by molar-refractivity contribution is 9.10. The lowest BCUT2D eigenvalue weighted by atomic mass is 10.1. The fraction of sp³-hybridized carbons (Fsp3) is 0.727. The lowest BCUT2D eigenvalue weighted by Crippen LogP contribution is -2.17. The molecule has 0 spiro atoms. The molecule has 0 radical (unpaired) electrons. The molecule has 2 heterocycles. The summed E-state index contributed by atoms with van der Waals surface area (Å²) in [7, 11) is 0. The maximum Gasteiger partial charge on any atom is 0.100 e. The van der Waals surface area contributed by atoms with Crippen molar-refractivity contribution in [2.24, 2.45) is 0 Å². The number of hydrogen-bond donors (Lipinski definition) is 0. The van der Waals surface area contributed by atoms with Gasteiger partial charge < -0.3 is 4.74 Å². The molecule has 1 aromatic heterocycles. The summed E-state index contributed by atoms with van der Waals surface area (Å²) in [6.07, 6.45) is 5.63. The molecule has 15 heavy (non-hydrogen) atoms. The molecule has 3 nitrogen and oxygen atoms in total. The SMILES string of the molecule is CC(C)n1ncc(Br)c1C1CCCCO1. The van der Waals surface area contributed by atoms with Crippen LogP contribution in [0.25, 0.3) is 0 Å². The van der Waals surface area contributed by atoms with Crippen LogP contribution in [0.4, 0.5) is 0 Å². The van der Waals surface area contributed by atoms with E-state index in [4.69, 9.17) is 4.74 Å². The Hall–Kier alpha value is -0.350. The fourth-order valence-electron chi connectivity index (χ4n) is 2.02. The molecular formula is C11H17BrN2O. The normalized spacial score (nSPS) is 22.3. The molecule has 1 atom stereocenters. The molecule has 1 unspecified atom stereocenters. The van der Waals surface area contributed by atoms with Gasteiger partial charge in [-0.05, 0) is 49.0 Å². The Morgan fingerprint density at radius 2 is 2.33 bits per heavy atom. The topological polar surface area (TPSA) is 27.1 Å². The maximum atomic E-state index is 5.80. The first-order valence-electron chi connectivity index (χ1n) is 5.54. The molecule has 0 bridgehead atoms. The minimum absolute atomic E-state index is 0.220. The predicted molar refractivity (Wildman–Crippen MR) is 62.9 cm³/mol. The Bertz CT molecular complexity index is 329. The Labute approximate surface area is 98.9 Å². The number of halogens is 1. The molecule has 0 N–H and O–H groups in total. The molecule has 4 heteroatoms. The number of rotatable bonds is 2. The van der Waals surface area contributed by atoms with Gasteiger partial charge in [0, 0.05) is 12.6 Å². The monoisotopic (exact) mass is 272 g/mol. The molecule has 2 rings (SSSR count). The summed E-state index contributed by atoms with van der Waals surface area (Å²) < 4.78 is 8.93. The minimum atomic E-state index is 0.220. The zero-order valence-electron chi connectivity index (χ0n) is 9.24. The van der Waals surface area contributed by atoms with E-state index in [2.05, 4.69) is 39.6 Å². The first-order valence-corrected chi connectivity index (χ1v) is 6.34. The van der Waals surface area contributed by atoms with Crippen LogP contribution in [0.1, 0.15) is 50.9 Å². The lowest BCUT2D eigenvalue weighted by molar-refractivity contribution is 0.00839. The molecule has 1 fully saturated rings. The summed E-state index contributed by atoms with van der Waals surface area (Å²) in [4.78, 5) is 0. The van der Waals surface area contributed by atoms with Crippen LogP contribution in [0.15, 0.2) is 10.7 Å². The van der Waals surface area contributed by atoms with E-state index in [9.17, 15) is 0 Å². The minimum Gasteiger partial charge on any atom is -0.372 e. The Kier molecular flexibility index (Phi) is 3.46. The van der Waals surface area contributed by atoms with Crippen LogP contribution in [0.3, 0.4) is 0 Å². The van der Waals surface area contributed by atoms with Crippen molar-refractivity contribution in [3.8, 4) is 0 Å². The van der Waals surface area contributed by atoms with E-state index in [0.717, 1.165) is 17.5 Å². The third kappa shape index (κ3) is 2.26.